The van der Waals surface area contributed by atoms with Crippen LogP contribution < -0.4 is 10.5 Å². The number of halogens is 1. The minimum atomic E-state index is -0.119. The van der Waals surface area contributed by atoms with Crippen LogP contribution >= 0.6 is 11.6 Å². The van der Waals surface area contributed by atoms with Crippen LogP contribution in [0.1, 0.15) is 5.69 Å². The number of amidine groups is 1. The molecule has 0 saturated carbocycles. The third kappa shape index (κ3) is 2.67. The van der Waals surface area contributed by atoms with Crippen LogP contribution in [-0.2, 0) is 0 Å². The molecule has 0 aliphatic carbocycles. The van der Waals surface area contributed by atoms with Gasteiger partial charge in [-0.1, -0.05) is 28.9 Å². The van der Waals surface area contributed by atoms with Crippen LogP contribution in [0, 0.1) is 0 Å². The second-order valence-corrected chi connectivity index (χ2v) is 3.66. The average molecular weight is 265 g/mol. The van der Waals surface area contributed by atoms with Gasteiger partial charge in [-0.2, -0.15) is 0 Å². The molecule has 2 rings (SSSR count). The molecule has 1 aromatic carbocycles. The third-order valence-electron chi connectivity index (χ3n) is 2.05. The molecule has 7 heteroatoms. The van der Waals surface area contributed by atoms with Gasteiger partial charge in [-0.3, -0.25) is 0 Å². The zero-order valence-corrected chi connectivity index (χ0v) is 9.87. The lowest BCUT2D eigenvalue weighted by Crippen LogP contribution is -2.15. The summed E-state index contributed by atoms with van der Waals surface area (Å²) in [6.07, 6.45) is 2.69. The summed E-state index contributed by atoms with van der Waals surface area (Å²) < 4.78 is 5.43. The molecule has 0 unspecified atom stereocenters. The van der Waals surface area contributed by atoms with E-state index in [0.717, 1.165) is 0 Å². The normalized spacial score (nSPS) is 11.3. The van der Waals surface area contributed by atoms with E-state index < -0.39 is 0 Å². The van der Waals surface area contributed by atoms with Crippen molar-refractivity contribution in [2.45, 2.75) is 0 Å². The number of nitrogens with zero attached hydrogens (tertiary/aromatic N) is 3. The van der Waals surface area contributed by atoms with Gasteiger partial charge >= 0.3 is 0 Å². The Bertz CT molecular complexity index is 572. The number of ether oxygens (including phenoxy) is 1. The Morgan fingerprint density at radius 2 is 2.06 bits per heavy atom. The van der Waals surface area contributed by atoms with Gasteiger partial charge in [-0.05, 0) is 12.1 Å². The van der Waals surface area contributed by atoms with Gasteiger partial charge in [0, 0.05) is 0 Å². The predicted molar refractivity (Wildman–Crippen MR) is 66.1 cm³/mol. The molecule has 0 amide bonds. The lowest BCUT2D eigenvalue weighted by Gasteiger charge is -2.05. The Hall–Kier alpha value is -2.34. The molecule has 0 bridgehead atoms. The van der Waals surface area contributed by atoms with Crippen molar-refractivity contribution in [3.05, 3.63) is 47.4 Å². The summed E-state index contributed by atoms with van der Waals surface area (Å²) in [6.45, 7) is 0. The Kier molecular flexibility index (Phi) is 3.59. The van der Waals surface area contributed by atoms with Crippen molar-refractivity contribution in [1.82, 2.24) is 9.97 Å². The van der Waals surface area contributed by atoms with Gasteiger partial charge in [0.15, 0.2) is 5.84 Å². The van der Waals surface area contributed by atoms with E-state index in [0.29, 0.717) is 10.8 Å². The number of nitrogens with two attached hydrogens (primary N) is 1. The number of benzene rings is 1. The van der Waals surface area contributed by atoms with E-state index in [4.69, 9.17) is 27.3 Å². The van der Waals surface area contributed by atoms with Crippen LogP contribution in [0.2, 0.25) is 5.02 Å². The summed E-state index contributed by atoms with van der Waals surface area (Å²) in [5.41, 5.74) is 5.61. The maximum absolute atomic E-state index is 8.48. The topological polar surface area (TPSA) is 93.6 Å². The molecule has 0 aliphatic rings. The Balaban J connectivity index is 2.19. The second kappa shape index (κ2) is 5.33. The van der Waals surface area contributed by atoms with Gasteiger partial charge in [-0.25, -0.2) is 9.97 Å². The second-order valence-electron chi connectivity index (χ2n) is 3.26. The predicted octanol–water partition coefficient (Wildman–Crippen LogP) is 2.02. The van der Waals surface area contributed by atoms with Crippen LogP contribution in [-0.4, -0.2) is 21.0 Å². The lowest BCUT2D eigenvalue weighted by molar-refractivity contribution is 0.318. The fraction of sp³-hybridized carbons (Fsp3) is 0. The number of aromatic nitrogens is 2. The summed E-state index contributed by atoms with van der Waals surface area (Å²) in [7, 11) is 0. The number of para-hydroxylation sites is 1. The molecule has 0 fully saturated rings. The van der Waals surface area contributed by atoms with Crippen molar-refractivity contribution in [3.8, 4) is 11.6 Å². The molecule has 3 N–H and O–H groups in total. The van der Waals surface area contributed by atoms with Gasteiger partial charge in [0.25, 0.3) is 0 Å². The highest BCUT2D eigenvalue weighted by Crippen LogP contribution is 2.27. The highest BCUT2D eigenvalue weighted by molar-refractivity contribution is 6.32. The minimum Gasteiger partial charge on any atom is -0.436 e. The standard InChI is InChI=1S/C11H9ClN4O2/c12-7-3-1-2-4-9(7)18-10-6-14-8(5-15-10)11(13)16-17/h1-6,17H,(H2,13,16). The number of rotatable bonds is 3. The van der Waals surface area contributed by atoms with E-state index in [1.807, 2.05) is 0 Å². The third-order valence-corrected chi connectivity index (χ3v) is 2.36. The first-order valence-corrected chi connectivity index (χ1v) is 5.31. The van der Waals surface area contributed by atoms with Crippen molar-refractivity contribution >= 4 is 17.4 Å². The molecule has 92 valence electrons. The smallest absolute Gasteiger partial charge is 0.237 e. The van der Waals surface area contributed by atoms with E-state index in [-0.39, 0.29) is 17.4 Å². The quantitative estimate of drug-likeness (QED) is 0.383. The van der Waals surface area contributed by atoms with Crippen molar-refractivity contribution in [2.24, 2.45) is 10.9 Å². The molecule has 0 radical (unpaired) electrons. The van der Waals surface area contributed by atoms with Gasteiger partial charge in [0.2, 0.25) is 5.88 Å². The first kappa shape index (κ1) is 12.1. The molecule has 2 aromatic rings. The first-order chi connectivity index (χ1) is 8.70. The molecule has 18 heavy (non-hydrogen) atoms. The van der Waals surface area contributed by atoms with E-state index in [1.165, 1.54) is 12.4 Å². The van der Waals surface area contributed by atoms with Gasteiger partial charge in [-0.15, -0.1) is 0 Å². The Morgan fingerprint density at radius 3 is 2.67 bits per heavy atom. The molecule has 1 aromatic heterocycles. The van der Waals surface area contributed by atoms with Crippen LogP contribution in [0.3, 0.4) is 0 Å². The van der Waals surface area contributed by atoms with Crippen LogP contribution in [0.15, 0.2) is 41.8 Å². The number of hydrogen-bond donors (Lipinski definition) is 2. The molecule has 0 spiro atoms. The SMILES string of the molecule is NC(=NO)c1cnc(Oc2ccccc2Cl)cn1. The molecular weight excluding hydrogens is 256 g/mol. The van der Waals surface area contributed by atoms with Crippen LogP contribution in [0.5, 0.6) is 11.6 Å². The van der Waals surface area contributed by atoms with Gasteiger partial charge in [0.05, 0.1) is 17.4 Å². The fourth-order valence-electron chi connectivity index (χ4n) is 1.19. The molecule has 1 heterocycles. The van der Waals surface area contributed by atoms with Crippen LogP contribution in [0.25, 0.3) is 0 Å². The molecule has 0 aliphatic heterocycles. The summed E-state index contributed by atoms with van der Waals surface area (Å²) in [4.78, 5) is 7.90. The maximum Gasteiger partial charge on any atom is 0.237 e. The summed E-state index contributed by atoms with van der Waals surface area (Å²) in [6, 6.07) is 7.00. The lowest BCUT2D eigenvalue weighted by atomic mass is 10.3. The first-order valence-electron chi connectivity index (χ1n) is 4.93. The maximum atomic E-state index is 8.48. The largest absolute Gasteiger partial charge is 0.436 e. The Labute approximate surface area is 108 Å². The van der Waals surface area contributed by atoms with E-state index in [2.05, 4.69) is 15.1 Å². The molecular formula is C11H9ClN4O2. The van der Waals surface area contributed by atoms with Gasteiger partial charge in [0.1, 0.15) is 11.4 Å². The van der Waals surface area contributed by atoms with Gasteiger partial charge < -0.3 is 15.7 Å². The van der Waals surface area contributed by atoms with E-state index >= 15 is 0 Å². The molecule has 0 atom stereocenters. The summed E-state index contributed by atoms with van der Waals surface area (Å²) in [5, 5.41) is 11.8. The highest BCUT2D eigenvalue weighted by Gasteiger charge is 2.05. The van der Waals surface area contributed by atoms with Crippen molar-refractivity contribution in [3.63, 3.8) is 0 Å². The zero-order valence-electron chi connectivity index (χ0n) is 9.12. The average Bonchev–Trinajstić information content (AvgIpc) is 2.41. The fourth-order valence-corrected chi connectivity index (χ4v) is 1.37. The molecule has 0 saturated heterocycles. The molecule has 6 nitrogen and oxygen atoms in total. The number of hydrogen-bond acceptors (Lipinski definition) is 5. The van der Waals surface area contributed by atoms with Crippen molar-refractivity contribution < 1.29 is 9.94 Å². The summed E-state index contributed by atoms with van der Waals surface area (Å²) >= 11 is 5.93. The van der Waals surface area contributed by atoms with Crippen molar-refractivity contribution in [1.29, 1.82) is 0 Å². The zero-order chi connectivity index (χ0) is 13.0. The van der Waals surface area contributed by atoms with E-state index in [9.17, 15) is 0 Å². The summed E-state index contributed by atoms with van der Waals surface area (Å²) in [5.74, 6) is 0.620. The van der Waals surface area contributed by atoms with Crippen LogP contribution in [0.4, 0.5) is 0 Å². The monoisotopic (exact) mass is 264 g/mol. The van der Waals surface area contributed by atoms with Crippen molar-refractivity contribution in [2.75, 3.05) is 0 Å². The van der Waals surface area contributed by atoms with E-state index in [1.54, 1.807) is 24.3 Å². The Morgan fingerprint density at radius 1 is 1.28 bits per heavy atom. The highest BCUT2D eigenvalue weighted by atomic mass is 35.5. The minimum absolute atomic E-state index is 0.119. The number of oxime groups is 1.